The van der Waals surface area contributed by atoms with Crippen molar-refractivity contribution in [2.45, 2.75) is 51.0 Å². The normalized spacial score (nSPS) is 15.4. The minimum atomic E-state index is -0.658. The number of carbonyl (C=O) groups excluding carboxylic acids is 1. The second-order valence-electron chi connectivity index (χ2n) is 11.0. The first-order chi connectivity index (χ1) is 18.7. The lowest BCUT2D eigenvalue weighted by Crippen LogP contribution is -2.63. The molecule has 0 aliphatic heterocycles. The fourth-order valence-electron chi connectivity index (χ4n) is 5.53. The van der Waals surface area contributed by atoms with Crippen LogP contribution in [0.2, 0.25) is 0 Å². The van der Waals surface area contributed by atoms with Gasteiger partial charge in [-0.15, -0.1) is 0 Å². The molecule has 0 unspecified atom stereocenters. The summed E-state index contributed by atoms with van der Waals surface area (Å²) in [6, 6.07) is 16.5. The van der Waals surface area contributed by atoms with Crippen molar-refractivity contribution < 1.29 is 14.5 Å². The van der Waals surface area contributed by atoms with Crippen LogP contribution in [0, 0.1) is 0 Å². The summed E-state index contributed by atoms with van der Waals surface area (Å²) in [7, 11) is 1.82. The molecule has 1 aliphatic carbocycles. The number of aromatic nitrogens is 3. The Morgan fingerprint density at radius 2 is 1.72 bits per heavy atom. The summed E-state index contributed by atoms with van der Waals surface area (Å²) in [5, 5.41) is 1.01. The molecule has 0 saturated heterocycles. The molecule has 0 atom stereocenters. The molecular formula is C31H35N6O2+. The van der Waals surface area contributed by atoms with Crippen molar-refractivity contribution in [1.82, 2.24) is 14.5 Å². The average molecular weight is 524 g/mol. The van der Waals surface area contributed by atoms with E-state index in [1.54, 1.807) is 23.2 Å². The van der Waals surface area contributed by atoms with Gasteiger partial charge in [0.1, 0.15) is 12.6 Å². The van der Waals surface area contributed by atoms with Gasteiger partial charge in [-0.05, 0) is 56.4 Å². The van der Waals surface area contributed by atoms with E-state index < -0.39 is 11.7 Å². The van der Waals surface area contributed by atoms with E-state index in [1.807, 2.05) is 52.2 Å². The van der Waals surface area contributed by atoms with Crippen molar-refractivity contribution in [2.75, 3.05) is 12.8 Å². The van der Waals surface area contributed by atoms with Crippen molar-refractivity contribution in [2.24, 2.45) is 5.73 Å². The van der Waals surface area contributed by atoms with Gasteiger partial charge in [0.15, 0.2) is 6.21 Å². The van der Waals surface area contributed by atoms with E-state index in [0.717, 1.165) is 58.1 Å². The fourth-order valence-corrected chi connectivity index (χ4v) is 5.53. The van der Waals surface area contributed by atoms with Crippen LogP contribution in [0.4, 0.5) is 10.7 Å². The van der Waals surface area contributed by atoms with Gasteiger partial charge in [-0.3, -0.25) is 4.99 Å². The first kappa shape index (κ1) is 26.2. The maximum atomic E-state index is 13.7. The third kappa shape index (κ3) is 4.67. The van der Waals surface area contributed by atoms with E-state index in [9.17, 15) is 4.79 Å². The number of para-hydroxylation sites is 1. The number of benzene rings is 2. The van der Waals surface area contributed by atoms with Gasteiger partial charge in [0, 0.05) is 35.0 Å². The minimum absolute atomic E-state index is 0.250. The Kier molecular flexibility index (Phi) is 6.72. The number of nitrogens with two attached hydrogens (primary N) is 2. The molecule has 1 saturated carbocycles. The summed E-state index contributed by atoms with van der Waals surface area (Å²) in [5.74, 6) is 0.250. The molecular weight excluding hydrogens is 488 g/mol. The molecule has 1 aliphatic rings. The molecule has 39 heavy (non-hydrogen) atoms. The number of carbonyl (C=O) groups is 1. The van der Waals surface area contributed by atoms with Crippen LogP contribution in [0.15, 0.2) is 67.1 Å². The highest BCUT2D eigenvalue weighted by Gasteiger charge is 2.45. The number of nitrogens with one attached hydrogen (secondary N) is 1. The smallest absolute Gasteiger partial charge is 0.419 e. The Labute approximate surface area is 228 Å². The van der Waals surface area contributed by atoms with Crippen molar-refractivity contribution >= 4 is 34.7 Å². The highest BCUT2D eigenvalue weighted by molar-refractivity contribution is 6.12. The standard InChI is InChI=1S/C31H34N6O2/c1-30(2,3)39-29(38)37-25-9-6-5-8-24(25)26(27(37)21(16-32)17-34-4)31(14-7-15-31)23-12-10-20(11-13-23)22-18-35-28(33)36-19-22/h5-6,8-13,16-19H,7,14-15,32H2,1-4H3,(H2,33,35,36)/p+1/b21-16+,34-17?. The molecule has 5 N–H and O–H groups in total. The van der Waals surface area contributed by atoms with E-state index in [1.165, 1.54) is 5.56 Å². The van der Waals surface area contributed by atoms with Gasteiger partial charge in [0.05, 0.1) is 16.8 Å². The highest BCUT2D eigenvalue weighted by Crippen LogP contribution is 2.54. The van der Waals surface area contributed by atoms with Gasteiger partial charge in [0.2, 0.25) is 5.95 Å². The zero-order chi connectivity index (χ0) is 27.8. The molecule has 8 heteroatoms. The number of ether oxygens (including phenoxy) is 1. The number of hydrogen-bond acceptors (Lipinski definition) is 6. The SMILES string of the molecule is C[NH+]=C/C(=C\N)c1c(C2(c3ccc(-c4cnc(N)nc4)cc3)CCC2)c2ccccc2n1C(=O)OC(C)(C)C. The van der Waals surface area contributed by atoms with Crippen molar-refractivity contribution in [3.8, 4) is 11.1 Å². The third-order valence-electron chi connectivity index (χ3n) is 7.33. The van der Waals surface area contributed by atoms with Crippen LogP contribution in [0.1, 0.15) is 56.9 Å². The Bertz CT molecular complexity index is 1570. The molecule has 1 fully saturated rings. The molecule has 200 valence electrons. The van der Waals surface area contributed by atoms with E-state index in [4.69, 9.17) is 16.2 Å². The molecule has 2 aromatic heterocycles. The van der Waals surface area contributed by atoms with E-state index in [2.05, 4.69) is 45.3 Å². The van der Waals surface area contributed by atoms with Gasteiger partial charge < -0.3 is 16.2 Å². The number of nitrogen functional groups attached to an aromatic ring is 1. The summed E-state index contributed by atoms with van der Waals surface area (Å²) in [4.78, 5) is 25.1. The molecule has 0 spiro atoms. The van der Waals surface area contributed by atoms with Gasteiger partial charge >= 0.3 is 6.09 Å². The molecule has 8 nitrogen and oxygen atoms in total. The summed E-state index contributed by atoms with van der Waals surface area (Å²) >= 11 is 0. The predicted molar refractivity (Wildman–Crippen MR) is 155 cm³/mol. The second-order valence-corrected chi connectivity index (χ2v) is 11.0. The lowest BCUT2D eigenvalue weighted by Gasteiger charge is -2.43. The number of fused-ring (bicyclic) bond motifs is 1. The Morgan fingerprint density at radius 1 is 1.05 bits per heavy atom. The van der Waals surface area contributed by atoms with Crippen LogP contribution in [0.5, 0.6) is 0 Å². The molecule has 0 amide bonds. The summed E-state index contributed by atoms with van der Waals surface area (Å²) in [6.45, 7) is 5.62. The molecule has 2 aromatic carbocycles. The summed E-state index contributed by atoms with van der Waals surface area (Å²) in [6.07, 6.45) is 9.38. The van der Waals surface area contributed by atoms with E-state index in [-0.39, 0.29) is 11.4 Å². The zero-order valence-corrected chi connectivity index (χ0v) is 22.9. The maximum absolute atomic E-state index is 13.7. The van der Waals surface area contributed by atoms with E-state index >= 15 is 0 Å². The van der Waals surface area contributed by atoms with Gasteiger partial charge in [-0.1, -0.05) is 48.9 Å². The van der Waals surface area contributed by atoms with Crippen LogP contribution in [-0.4, -0.2) is 39.5 Å². The van der Waals surface area contributed by atoms with Crippen LogP contribution in [0.3, 0.4) is 0 Å². The first-order valence-corrected chi connectivity index (χ1v) is 13.2. The third-order valence-corrected chi connectivity index (χ3v) is 7.33. The minimum Gasteiger partial charge on any atom is -0.443 e. The molecule has 2 heterocycles. The Hall–Kier alpha value is -4.46. The summed E-state index contributed by atoms with van der Waals surface area (Å²) in [5.41, 5.74) is 17.4. The number of anilines is 1. The lowest BCUT2D eigenvalue weighted by atomic mass is 9.59. The van der Waals surface area contributed by atoms with Crippen LogP contribution < -0.4 is 16.5 Å². The predicted octanol–water partition coefficient (Wildman–Crippen LogP) is 4.01. The van der Waals surface area contributed by atoms with Crippen LogP contribution >= 0.6 is 0 Å². The molecule has 0 radical (unpaired) electrons. The monoisotopic (exact) mass is 523 g/mol. The number of hydrogen-bond donors (Lipinski definition) is 3. The van der Waals surface area contributed by atoms with Crippen LogP contribution in [0.25, 0.3) is 27.6 Å². The Balaban J connectivity index is 1.74. The van der Waals surface area contributed by atoms with Gasteiger partial charge in [0.25, 0.3) is 0 Å². The van der Waals surface area contributed by atoms with Gasteiger partial charge in [-0.2, -0.15) is 0 Å². The van der Waals surface area contributed by atoms with Crippen LogP contribution in [-0.2, 0) is 10.2 Å². The average Bonchev–Trinajstić information content (AvgIpc) is 3.22. The van der Waals surface area contributed by atoms with Crippen molar-refractivity contribution in [3.05, 3.63) is 83.9 Å². The zero-order valence-electron chi connectivity index (χ0n) is 22.9. The number of rotatable bonds is 5. The number of nitrogens with zero attached hydrogens (tertiary/aromatic N) is 3. The first-order valence-electron chi connectivity index (χ1n) is 13.2. The fraction of sp³-hybridized carbons (Fsp3) is 0.290. The molecule has 5 rings (SSSR count). The molecule has 4 aromatic rings. The Morgan fingerprint density at radius 3 is 2.28 bits per heavy atom. The summed E-state index contributed by atoms with van der Waals surface area (Å²) < 4.78 is 7.59. The van der Waals surface area contributed by atoms with E-state index in [0.29, 0.717) is 0 Å². The van der Waals surface area contributed by atoms with Gasteiger partial charge in [-0.25, -0.2) is 19.3 Å². The lowest BCUT2D eigenvalue weighted by molar-refractivity contribution is -0.412. The largest absolute Gasteiger partial charge is 0.443 e. The topological polar surface area (TPSA) is 123 Å². The number of allylic oxidation sites excluding steroid dienone is 1. The second kappa shape index (κ2) is 10.0. The van der Waals surface area contributed by atoms with Crippen molar-refractivity contribution in [3.63, 3.8) is 0 Å². The highest BCUT2D eigenvalue weighted by atomic mass is 16.6. The quantitative estimate of drug-likeness (QED) is 0.340. The maximum Gasteiger partial charge on any atom is 0.419 e. The van der Waals surface area contributed by atoms with Crippen molar-refractivity contribution in [1.29, 1.82) is 0 Å². The molecule has 0 bridgehead atoms.